The molecule has 3 aromatic rings. The molecule has 4 heteroatoms. The van der Waals surface area contributed by atoms with Gasteiger partial charge in [0.05, 0.1) is 10.6 Å². The van der Waals surface area contributed by atoms with Crippen LogP contribution in [0.2, 0.25) is 0 Å². The number of hydrogen-bond donors (Lipinski definition) is 1. The van der Waals surface area contributed by atoms with Crippen molar-refractivity contribution in [3.63, 3.8) is 0 Å². The number of benzene rings is 1. The highest BCUT2D eigenvalue weighted by atomic mass is 32.1. The van der Waals surface area contributed by atoms with Gasteiger partial charge in [-0.2, -0.15) is 5.10 Å². The molecule has 0 atom stereocenters. The van der Waals surface area contributed by atoms with Crippen LogP contribution in [0.1, 0.15) is 19.8 Å². The summed E-state index contributed by atoms with van der Waals surface area (Å²) in [6, 6.07) is 10.5. The Hall–Kier alpha value is -1.81. The van der Waals surface area contributed by atoms with Gasteiger partial charge in [0, 0.05) is 17.4 Å². The number of anilines is 1. The number of thiophene rings is 1. The number of unbranched alkanes of at least 4 members (excludes halogenated alkanes) is 1. The highest BCUT2D eigenvalue weighted by molar-refractivity contribution is 7.22. The quantitative estimate of drug-likeness (QED) is 0.774. The van der Waals surface area contributed by atoms with E-state index < -0.39 is 0 Å². The molecule has 0 saturated heterocycles. The molecule has 0 unspecified atom stereocenters. The van der Waals surface area contributed by atoms with E-state index in [4.69, 9.17) is 5.73 Å². The normalized spacial score (nSPS) is 11.2. The maximum absolute atomic E-state index is 6.09. The summed E-state index contributed by atoms with van der Waals surface area (Å²) in [4.78, 5) is 1.15. The molecule has 2 N–H and O–H groups in total. The highest BCUT2D eigenvalue weighted by Crippen LogP contribution is 2.35. The zero-order valence-electron chi connectivity index (χ0n) is 11.0. The van der Waals surface area contributed by atoms with Crippen molar-refractivity contribution in [1.29, 1.82) is 0 Å². The van der Waals surface area contributed by atoms with Gasteiger partial charge in [-0.1, -0.05) is 31.5 Å². The van der Waals surface area contributed by atoms with E-state index in [0.717, 1.165) is 35.6 Å². The fourth-order valence-corrected chi connectivity index (χ4v) is 3.23. The molecule has 0 spiro atoms. The van der Waals surface area contributed by atoms with Crippen LogP contribution in [0.25, 0.3) is 20.7 Å². The minimum absolute atomic E-state index is 0.766. The Labute approximate surface area is 116 Å². The fourth-order valence-electron chi connectivity index (χ4n) is 2.16. The fraction of sp³-hybridized carbons (Fsp3) is 0.267. The highest BCUT2D eigenvalue weighted by Gasteiger charge is 2.11. The van der Waals surface area contributed by atoms with Crippen molar-refractivity contribution in [3.05, 3.63) is 36.5 Å². The summed E-state index contributed by atoms with van der Waals surface area (Å²) in [5.41, 5.74) is 7.77. The van der Waals surface area contributed by atoms with Crippen LogP contribution in [-0.4, -0.2) is 9.78 Å². The molecule has 0 fully saturated rings. The molecule has 0 aliphatic rings. The Balaban J connectivity index is 1.98. The van der Waals surface area contributed by atoms with E-state index in [1.807, 2.05) is 10.9 Å². The van der Waals surface area contributed by atoms with Crippen LogP contribution in [0.15, 0.2) is 36.5 Å². The summed E-state index contributed by atoms with van der Waals surface area (Å²) in [6.45, 7) is 3.12. The minimum atomic E-state index is 0.766. The number of nitrogen functional groups attached to an aromatic ring is 1. The molecule has 2 aromatic heterocycles. The van der Waals surface area contributed by atoms with Gasteiger partial charge in [0.15, 0.2) is 0 Å². The van der Waals surface area contributed by atoms with E-state index in [0.29, 0.717) is 0 Å². The number of rotatable bonds is 4. The van der Waals surface area contributed by atoms with E-state index in [-0.39, 0.29) is 0 Å². The van der Waals surface area contributed by atoms with E-state index in [1.54, 1.807) is 11.3 Å². The Kier molecular flexibility index (Phi) is 3.25. The van der Waals surface area contributed by atoms with Crippen molar-refractivity contribution in [2.45, 2.75) is 26.3 Å². The number of aryl methyl sites for hydroxylation is 1. The molecule has 1 aromatic carbocycles. The Bertz CT molecular complexity index is 663. The minimum Gasteiger partial charge on any atom is -0.396 e. The molecule has 0 aliphatic heterocycles. The monoisotopic (exact) mass is 271 g/mol. The second kappa shape index (κ2) is 5.05. The van der Waals surface area contributed by atoms with E-state index in [1.165, 1.54) is 10.1 Å². The molecule has 3 nitrogen and oxygen atoms in total. The summed E-state index contributed by atoms with van der Waals surface area (Å²) in [5, 5.41) is 5.87. The van der Waals surface area contributed by atoms with E-state index in [2.05, 4.69) is 42.4 Å². The lowest BCUT2D eigenvalue weighted by Crippen LogP contribution is -1.97. The van der Waals surface area contributed by atoms with Gasteiger partial charge in [-0.05, 0) is 23.9 Å². The molecular formula is C15H17N3S. The number of aromatic nitrogens is 2. The van der Waals surface area contributed by atoms with Crippen LogP contribution >= 0.6 is 11.3 Å². The summed E-state index contributed by atoms with van der Waals surface area (Å²) in [7, 11) is 0. The third-order valence-electron chi connectivity index (χ3n) is 3.19. The average molecular weight is 271 g/mol. The molecule has 2 heterocycles. The van der Waals surface area contributed by atoms with Crippen LogP contribution in [0.4, 0.5) is 5.69 Å². The zero-order chi connectivity index (χ0) is 13.2. The first-order valence-corrected chi connectivity index (χ1v) is 7.41. The van der Waals surface area contributed by atoms with E-state index in [9.17, 15) is 0 Å². The maximum atomic E-state index is 6.09. The van der Waals surface area contributed by atoms with Crippen molar-refractivity contribution in [2.75, 3.05) is 5.73 Å². The first-order chi connectivity index (χ1) is 9.28. The standard InChI is InChI=1S/C15H17N3S/c1-2-3-8-18-10-12(16)15(17-18)14-9-11-6-4-5-7-13(11)19-14/h4-7,9-10H,2-3,8,16H2,1H3. The second-order valence-corrected chi connectivity index (χ2v) is 5.78. The molecule has 0 amide bonds. The lowest BCUT2D eigenvalue weighted by molar-refractivity contribution is 0.573. The topological polar surface area (TPSA) is 43.8 Å². The molecule has 3 rings (SSSR count). The number of nitrogens with zero attached hydrogens (tertiary/aromatic N) is 2. The van der Waals surface area contributed by atoms with Crippen molar-refractivity contribution < 1.29 is 0 Å². The van der Waals surface area contributed by atoms with Gasteiger partial charge in [-0.3, -0.25) is 4.68 Å². The smallest absolute Gasteiger partial charge is 0.125 e. The second-order valence-electron chi connectivity index (χ2n) is 4.70. The Morgan fingerprint density at radius 3 is 2.95 bits per heavy atom. The van der Waals surface area contributed by atoms with Crippen molar-refractivity contribution >= 4 is 27.1 Å². The first kappa shape index (κ1) is 12.2. The van der Waals surface area contributed by atoms with Gasteiger partial charge in [0.25, 0.3) is 0 Å². The number of fused-ring (bicyclic) bond motifs is 1. The molecule has 0 radical (unpaired) electrons. The maximum Gasteiger partial charge on any atom is 0.125 e. The van der Waals surface area contributed by atoms with Gasteiger partial charge in [0.1, 0.15) is 5.69 Å². The lowest BCUT2D eigenvalue weighted by Gasteiger charge is -1.97. The molecule has 0 bridgehead atoms. The average Bonchev–Trinajstić information content (AvgIpc) is 2.99. The molecule has 19 heavy (non-hydrogen) atoms. The summed E-state index contributed by atoms with van der Waals surface area (Å²) >= 11 is 1.75. The summed E-state index contributed by atoms with van der Waals surface area (Å²) < 4.78 is 3.23. The van der Waals surface area contributed by atoms with Crippen LogP contribution in [-0.2, 0) is 6.54 Å². The van der Waals surface area contributed by atoms with Crippen LogP contribution in [0.5, 0.6) is 0 Å². The van der Waals surface area contributed by atoms with Crippen LogP contribution < -0.4 is 5.73 Å². The lowest BCUT2D eigenvalue weighted by atomic mass is 10.2. The third kappa shape index (κ3) is 2.36. The van der Waals surface area contributed by atoms with E-state index >= 15 is 0 Å². The third-order valence-corrected chi connectivity index (χ3v) is 4.31. The van der Waals surface area contributed by atoms with Gasteiger partial charge < -0.3 is 5.73 Å². The largest absolute Gasteiger partial charge is 0.396 e. The Morgan fingerprint density at radius 2 is 2.16 bits per heavy atom. The SMILES string of the molecule is CCCCn1cc(N)c(-c2cc3ccccc3s2)n1. The van der Waals surface area contributed by atoms with Gasteiger partial charge in [-0.25, -0.2) is 0 Å². The van der Waals surface area contributed by atoms with Crippen molar-refractivity contribution in [2.24, 2.45) is 0 Å². The first-order valence-electron chi connectivity index (χ1n) is 6.60. The predicted molar refractivity (Wildman–Crippen MR) is 82.4 cm³/mol. The molecule has 0 aliphatic carbocycles. The van der Waals surface area contributed by atoms with Crippen LogP contribution in [0.3, 0.4) is 0 Å². The van der Waals surface area contributed by atoms with Crippen molar-refractivity contribution in [1.82, 2.24) is 9.78 Å². The molecular weight excluding hydrogens is 254 g/mol. The van der Waals surface area contributed by atoms with Gasteiger partial charge in [0.2, 0.25) is 0 Å². The Morgan fingerprint density at radius 1 is 1.32 bits per heavy atom. The van der Waals surface area contributed by atoms with Gasteiger partial charge in [-0.15, -0.1) is 11.3 Å². The number of hydrogen-bond acceptors (Lipinski definition) is 3. The summed E-state index contributed by atoms with van der Waals surface area (Å²) in [5.74, 6) is 0. The summed E-state index contributed by atoms with van der Waals surface area (Å²) in [6.07, 6.45) is 4.24. The molecule has 98 valence electrons. The van der Waals surface area contributed by atoms with Crippen LogP contribution in [0, 0.1) is 0 Å². The van der Waals surface area contributed by atoms with Gasteiger partial charge >= 0.3 is 0 Å². The van der Waals surface area contributed by atoms with Crippen molar-refractivity contribution in [3.8, 4) is 10.6 Å². The zero-order valence-corrected chi connectivity index (χ0v) is 11.8. The number of nitrogens with two attached hydrogens (primary N) is 1. The predicted octanol–water partition coefficient (Wildman–Crippen LogP) is 4.15. The molecule has 0 saturated carbocycles.